The Hall–Kier alpha value is -1.20. The van der Waals surface area contributed by atoms with Crippen LogP contribution in [0.25, 0.3) is 0 Å². The molecular weight excluding hydrogens is 232 g/mol. The Morgan fingerprint density at radius 3 is 2.59 bits per heavy atom. The SMILES string of the molecule is CC(C)CCC(C)Nc1cc(C#N)ccc1Cl. The molecule has 0 fully saturated rings. The highest BCUT2D eigenvalue weighted by Crippen LogP contribution is 2.24. The first kappa shape index (κ1) is 13.9. The van der Waals surface area contributed by atoms with Gasteiger partial charge in [-0.25, -0.2) is 0 Å². The summed E-state index contributed by atoms with van der Waals surface area (Å²) >= 11 is 6.09. The van der Waals surface area contributed by atoms with E-state index in [0.717, 1.165) is 12.1 Å². The average molecular weight is 251 g/mol. The minimum absolute atomic E-state index is 0.365. The summed E-state index contributed by atoms with van der Waals surface area (Å²) in [5.41, 5.74) is 1.48. The van der Waals surface area contributed by atoms with Gasteiger partial charge in [-0.2, -0.15) is 5.26 Å². The number of hydrogen-bond donors (Lipinski definition) is 1. The van der Waals surface area contributed by atoms with Crippen LogP contribution in [-0.2, 0) is 0 Å². The number of nitriles is 1. The summed E-state index contributed by atoms with van der Waals surface area (Å²) < 4.78 is 0. The van der Waals surface area contributed by atoms with E-state index in [0.29, 0.717) is 22.5 Å². The highest BCUT2D eigenvalue weighted by Gasteiger charge is 2.07. The molecule has 0 aliphatic heterocycles. The number of hydrogen-bond acceptors (Lipinski definition) is 2. The monoisotopic (exact) mass is 250 g/mol. The molecule has 3 heteroatoms. The second kappa shape index (κ2) is 6.51. The van der Waals surface area contributed by atoms with Crippen LogP contribution in [0, 0.1) is 17.2 Å². The average Bonchev–Trinajstić information content (AvgIpc) is 2.29. The fourth-order valence-corrected chi connectivity index (χ4v) is 1.80. The second-order valence-electron chi connectivity index (χ2n) is 4.82. The summed E-state index contributed by atoms with van der Waals surface area (Å²) in [6, 6.07) is 7.77. The number of rotatable bonds is 5. The first-order chi connectivity index (χ1) is 8.02. The molecule has 2 nitrogen and oxygen atoms in total. The maximum atomic E-state index is 8.84. The molecule has 0 aliphatic carbocycles. The van der Waals surface area contributed by atoms with Gasteiger partial charge in [0.15, 0.2) is 0 Å². The highest BCUT2D eigenvalue weighted by molar-refractivity contribution is 6.33. The zero-order valence-corrected chi connectivity index (χ0v) is 11.4. The van der Waals surface area contributed by atoms with Gasteiger partial charge in [-0.1, -0.05) is 25.4 Å². The summed E-state index contributed by atoms with van der Waals surface area (Å²) in [5.74, 6) is 0.708. The maximum Gasteiger partial charge on any atom is 0.0992 e. The third kappa shape index (κ3) is 4.66. The molecule has 0 radical (unpaired) electrons. The van der Waals surface area contributed by atoms with Gasteiger partial charge in [0.05, 0.1) is 22.3 Å². The number of nitrogens with one attached hydrogen (secondary N) is 1. The van der Waals surface area contributed by atoms with E-state index in [4.69, 9.17) is 16.9 Å². The molecule has 1 N–H and O–H groups in total. The Kier molecular flexibility index (Phi) is 5.31. The van der Waals surface area contributed by atoms with Crippen molar-refractivity contribution in [3.05, 3.63) is 28.8 Å². The molecule has 0 spiro atoms. The lowest BCUT2D eigenvalue weighted by Crippen LogP contribution is -2.16. The molecule has 1 rings (SSSR count). The molecule has 0 saturated heterocycles. The minimum Gasteiger partial charge on any atom is -0.381 e. The van der Waals surface area contributed by atoms with Crippen LogP contribution in [0.5, 0.6) is 0 Å². The summed E-state index contributed by atoms with van der Waals surface area (Å²) in [4.78, 5) is 0. The molecule has 0 aliphatic rings. The fourth-order valence-electron chi connectivity index (χ4n) is 1.63. The van der Waals surface area contributed by atoms with Gasteiger partial charge in [0, 0.05) is 6.04 Å². The van der Waals surface area contributed by atoms with Gasteiger partial charge >= 0.3 is 0 Å². The number of anilines is 1. The molecule has 0 bridgehead atoms. The smallest absolute Gasteiger partial charge is 0.0992 e. The molecule has 0 aromatic heterocycles. The van der Waals surface area contributed by atoms with E-state index < -0.39 is 0 Å². The quantitative estimate of drug-likeness (QED) is 0.838. The Bertz CT molecular complexity index is 407. The van der Waals surface area contributed by atoms with Gasteiger partial charge in [0.25, 0.3) is 0 Å². The van der Waals surface area contributed by atoms with Crippen LogP contribution < -0.4 is 5.32 Å². The van der Waals surface area contributed by atoms with E-state index in [9.17, 15) is 0 Å². The summed E-state index contributed by atoms with van der Waals surface area (Å²) in [7, 11) is 0. The van der Waals surface area contributed by atoms with Gasteiger partial charge in [0.1, 0.15) is 0 Å². The zero-order chi connectivity index (χ0) is 12.8. The van der Waals surface area contributed by atoms with Crippen LogP contribution in [0.1, 0.15) is 39.2 Å². The van der Waals surface area contributed by atoms with Crippen molar-refractivity contribution in [2.75, 3.05) is 5.32 Å². The fraction of sp³-hybridized carbons (Fsp3) is 0.500. The lowest BCUT2D eigenvalue weighted by molar-refractivity contribution is 0.528. The van der Waals surface area contributed by atoms with Crippen LogP contribution in [0.3, 0.4) is 0 Å². The molecule has 17 heavy (non-hydrogen) atoms. The van der Waals surface area contributed by atoms with Crippen LogP contribution in [-0.4, -0.2) is 6.04 Å². The normalized spacial score (nSPS) is 12.2. The Morgan fingerprint density at radius 2 is 2.00 bits per heavy atom. The van der Waals surface area contributed by atoms with Gasteiger partial charge in [-0.3, -0.25) is 0 Å². The Labute approximate surface area is 109 Å². The topological polar surface area (TPSA) is 35.8 Å². The zero-order valence-electron chi connectivity index (χ0n) is 10.6. The third-order valence-corrected chi connectivity index (χ3v) is 3.00. The predicted molar refractivity (Wildman–Crippen MR) is 73.3 cm³/mol. The highest BCUT2D eigenvalue weighted by atomic mass is 35.5. The van der Waals surface area contributed by atoms with E-state index in [1.165, 1.54) is 6.42 Å². The van der Waals surface area contributed by atoms with Gasteiger partial charge < -0.3 is 5.32 Å². The van der Waals surface area contributed by atoms with Crippen molar-refractivity contribution in [2.24, 2.45) is 5.92 Å². The Balaban J connectivity index is 2.64. The van der Waals surface area contributed by atoms with Gasteiger partial charge in [-0.05, 0) is 43.9 Å². The molecule has 92 valence electrons. The number of nitrogens with zero attached hydrogens (tertiary/aromatic N) is 1. The molecule has 1 aromatic carbocycles. The number of halogens is 1. The molecule has 0 heterocycles. The second-order valence-corrected chi connectivity index (χ2v) is 5.23. The summed E-state index contributed by atoms with van der Waals surface area (Å²) in [6.45, 7) is 6.57. The molecule has 1 unspecified atom stereocenters. The van der Waals surface area contributed by atoms with E-state index in [2.05, 4.69) is 32.2 Å². The standard InChI is InChI=1S/C14H19ClN2/c1-10(2)4-5-11(3)17-14-8-12(9-16)6-7-13(14)15/h6-8,10-11,17H,4-5H2,1-3H3. The van der Waals surface area contributed by atoms with Crippen molar-refractivity contribution in [1.82, 2.24) is 0 Å². The van der Waals surface area contributed by atoms with Crippen molar-refractivity contribution in [3.63, 3.8) is 0 Å². The van der Waals surface area contributed by atoms with Crippen molar-refractivity contribution in [3.8, 4) is 6.07 Å². The van der Waals surface area contributed by atoms with E-state index >= 15 is 0 Å². The van der Waals surface area contributed by atoms with Crippen LogP contribution in [0.4, 0.5) is 5.69 Å². The van der Waals surface area contributed by atoms with Crippen LogP contribution in [0.2, 0.25) is 5.02 Å². The summed E-state index contributed by atoms with van der Waals surface area (Å²) in [5, 5.41) is 12.9. The van der Waals surface area contributed by atoms with E-state index in [-0.39, 0.29) is 0 Å². The van der Waals surface area contributed by atoms with Crippen LogP contribution in [0.15, 0.2) is 18.2 Å². The van der Waals surface area contributed by atoms with Crippen molar-refractivity contribution >= 4 is 17.3 Å². The van der Waals surface area contributed by atoms with Crippen molar-refractivity contribution < 1.29 is 0 Å². The lowest BCUT2D eigenvalue weighted by Gasteiger charge is -2.17. The van der Waals surface area contributed by atoms with Gasteiger partial charge in [-0.15, -0.1) is 0 Å². The van der Waals surface area contributed by atoms with Crippen molar-refractivity contribution in [1.29, 1.82) is 5.26 Å². The lowest BCUT2D eigenvalue weighted by atomic mass is 10.0. The van der Waals surface area contributed by atoms with Gasteiger partial charge in [0.2, 0.25) is 0 Å². The minimum atomic E-state index is 0.365. The molecular formula is C14H19ClN2. The predicted octanol–water partition coefficient (Wildman–Crippen LogP) is 4.45. The van der Waals surface area contributed by atoms with Crippen molar-refractivity contribution in [2.45, 2.75) is 39.7 Å². The third-order valence-electron chi connectivity index (χ3n) is 2.67. The molecule has 0 saturated carbocycles. The maximum absolute atomic E-state index is 8.84. The summed E-state index contributed by atoms with van der Waals surface area (Å²) in [6.07, 6.45) is 2.29. The number of benzene rings is 1. The van der Waals surface area contributed by atoms with E-state index in [1.807, 2.05) is 0 Å². The molecule has 1 atom stereocenters. The Morgan fingerprint density at radius 1 is 1.29 bits per heavy atom. The molecule has 0 amide bonds. The first-order valence-corrected chi connectivity index (χ1v) is 6.37. The first-order valence-electron chi connectivity index (χ1n) is 5.99. The largest absolute Gasteiger partial charge is 0.381 e. The van der Waals surface area contributed by atoms with E-state index in [1.54, 1.807) is 18.2 Å². The van der Waals surface area contributed by atoms with Crippen LogP contribution >= 0.6 is 11.6 Å². The molecule has 1 aromatic rings.